The number of nitrogens with one attached hydrogen (secondary N) is 2. The van der Waals surface area contributed by atoms with Gasteiger partial charge in [0, 0.05) is 44.0 Å². The number of rotatable bonds is 12. The third-order valence-corrected chi connectivity index (χ3v) is 7.67. The van der Waals surface area contributed by atoms with Crippen LogP contribution in [0.25, 0.3) is 0 Å². The zero-order chi connectivity index (χ0) is 30.1. The van der Waals surface area contributed by atoms with Crippen molar-refractivity contribution in [3.63, 3.8) is 0 Å². The fourth-order valence-corrected chi connectivity index (χ4v) is 5.39. The van der Waals surface area contributed by atoms with E-state index in [9.17, 15) is 17.6 Å². The lowest BCUT2D eigenvalue weighted by Gasteiger charge is -2.34. The van der Waals surface area contributed by atoms with Crippen molar-refractivity contribution < 1.29 is 27.1 Å². The van der Waals surface area contributed by atoms with Gasteiger partial charge >= 0.3 is 6.03 Å². The van der Waals surface area contributed by atoms with Crippen LogP contribution in [0.5, 0.6) is 17.2 Å². The summed E-state index contributed by atoms with van der Waals surface area (Å²) in [5, 5.41) is 3.12. The highest BCUT2D eigenvalue weighted by Crippen LogP contribution is 2.27. The number of nitrogens with zero attached hydrogens (tertiary/aromatic N) is 2. The lowest BCUT2D eigenvalue weighted by atomic mass is 10.0. The summed E-state index contributed by atoms with van der Waals surface area (Å²) in [5.74, 6) is 1.34. The van der Waals surface area contributed by atoms with E-state index in [0.29, 0.717) is 29.5 Å². The van der Waals surface area contributed by atoms with Crippen molar-refractivity contribution in [2.45, 2.75) is 45.2 Å². The smallest absolute Gasteiger partial charge is 0.322 e. The van der Waals surface area contributed by atoms with E-state index in [4.69, 9.17) is 9.47 Å². The number of hydrogen-bond donors (Lipinski definition) is 2. The first-order valence-electron chi connectivity index (χ1n) is 14.1. The quantitative estimate of drug-likeness (QED) is 0.239. The molecule has 1 aliphatic heterocycles. The summed E-state index contributed by atoms with van der Waals surface area (Å²) in [4.78, 5) is 17.1. The summed E-state index contributed by atoms with van der Waals surface area (Å²) in [6, 6.07) is 18.8. The molecule has 1 saturated heterocycles. The number of carbonyl (C=O) groups is 1. The summed E-state index contributed by atoms with van der Waals surface area (Å²) < 4.78 is 51.0. The Hall–Kier alpha value is -3.54. The van der Waals surface area contributed by atoms with E-state index >= 15 is 0 Å². The molecule has 0 radical (unpaired) electrons. The average Bonchev–Trinajstić information content (AvgIpc) is 2.96. The molecule has 3 aromatic carbocycles. The Morgan fingerprint density at radius 2 is 1.60 bits per heavy atom. The van der Waals surface area contributed by atoms with E-state index < -0.39 is 15.8 Å². The molecule has 0 bridgehead atoms. The molecule has 9 nitrogen and oxygen atoms in total. The van der Waals surface area contributed by atoms with Crippen LogP contribution in [0.2, 0.25) is 0 Å². The highest BCUT2D eigenvalue weighted by Gasteiger charge is 2.25. The van der Waals surface area contributed by atoms with Crippen LogP contribution in [-0.2, 0) is 16.6 Å². The van der Waals surface area contributed by atoms with E-state index in [2.05, 4.69) is 14.9 Å². The number of hydrogen-bond acceptors (Lipinski definition) is 6. The third kappa shape index (κ3) is 10.3. The second-order valence-corrected chi connectivity index (χ2v) is 12.2. The predicted molar refractivity (Wildman–Crippen MR) is 171 cm³/mol. The van der Waals surface area contributed by atoms with Gasteiger partial charge in [0.25, 0.3) is 0 Å². The summed E-state index contributed by atoms with van der Waals surface area (Å²) in [6.45, 7) is 4.91. The predicted octanol–water partition coefficient (Wildman–Crippen LogP) is 6.40. The second-order valence-electron chi connectivity index (χ2n) is 10.5. The van der Waals surface area contributed by atoms with Crippen molar-refractivity contribution in [3.05, 3.63) is 78.1 Å². The van der Waals surface area contributed by atoms with Crippen LogP contribution in [0, 0.1) is 5.82 Å². The maximum Gasteiger partial charge on any atom is 0.322 e. The van der Waals surface area contributed by atoms with Gasteiger partial charge in [-0.25, -0.2) is 17.6 Å². The lowest BCUT2D eigenvalue weighted by molar-refractivity contribution is 0.188. The highest BCUT2D eigenvalue weighted by atomic mass is 35.5. The van der Waals surface area contributed by atoms with Crippen LogP contribution in [0.15, 0.2) is 66.7 Å². The highest BCUT2D eigenvalue weighted by molar-refractivity contribution is 7.92. The number of carbonyl (C=O) groups excluding carboxylic acids is 1. The van der Waals surface area contributed by atoms with E-state index in [-0.39, 0.29) is 30.2 Å². The number of urea groups is 1. The van der Waals surface area contributed by atoms with Gasteiger partial charge in [0.05, 0.1) is 19.1 Å². The molecule has 0 atom stereocenters. The number of anilines is 2. The molecule has 2 N–H and O–H groups in total. The molecular formula is C31H40ClFN4O5S. The maximum absolute atomic E-state index is 14.7. The molecule has 1 heterocycles. The number of benzene rings is 3. The summed E-state index contributed by atoms with van der Waals surface area (Å²) in [6.07, 6.45) is 4.37. The molecule has 3 aromatic rings. The van der Waals surface area contributed by atoms with Gasteiger partial charge in [0.2, 0.25) is 10.0 Å². The van der Waals surface area contributed by atoms with Crippen molar-refractivity contribution in [3.8, 4) is 17.2 Å². The monoisotopic (exact) mass is 634 g/mol. The van der Waals surface area contributed by atoms with Gasteiger partial charge < -0.3 is 14.8 Å². The Morgan fingerprint density at radius 1 is 1.00 bits per heavy atom. The van der Waals surface area contributed by atoms with Crippen LogP contribution in [-0.4, -0.2) is 58.4 Å². The van der Waals surface area contributed by atoms with Crippen molar-refractivity contribution in [1.29, 1.82) is 0 Å². The van der Waals surface area contributed by atoms with Crippen LogP contribution >= 0.6 is 12.4 Å². The van der Waals surface area contributed by atoms with Crippen molar-refractivity contribution in [2.24, 2.45) is 0 Å². The topological polar surface area (TPSA) is 100 Å². The normalized spacial score (nSPS) is 14.0. The van der Waals surface area contributed by atoms with Gasteiger partial charge in [-0.2, -0.15) is 0 Å². The first kappa shape index (κ1) is 34.0. The third-order valence-electron chi connectivity index (χ3n) is 7.06. The van der Waals surface area contributed by atoms with Crippen LogP contribution in [0.1, 0.15) is 38.2 Å². The minimum absolute atomic E-state index is 0. The SMILES string of the molecule is CCCCN(C(=O)NC1CCN(Cc2ccc(Oc3ccc(NS(C)(=O)=O)cc3)cc2)CC1)c1cc(OC)ccc1F.Cl. The Morgan fingerprint density at radius 3 is 2.19 bits per heavy atom. The lowest BCUT2D eigenvalue weighted by Crippen LogP contribution is -2.49. The number of unbranched alkanes of at least 4 members (excludes halogenated alkanes) is 1. The Labute approximate surface area is 259 Å². The molecule has 234 valence electrons. The first-order valence-corrected chi connectivity index (χ1v) is 16.0. The molecule has 0 unspecified atom stereocenters. The number of ether oxygens (including phenoxy) is 2. The van der Waals surface area contributed by atoms with Gasteiger partial charge in [0.15, 0.2) is 0 Å². The fraction of sp³-hybridized carbons (Fsp3) is 0.387. The molecule has 0 saturated carbocycles. The van der Waals surface area contributed by atoms with E-state index in [0.717, 1.165) is 57.1 Å². The van der Waals surface area contributed by atoms with E-state index in [1.807, 2.05) is 31.2 Å². The fourth-order valence-electron chi connectivity index (χ4n) is 4.82. The Bertz CT molecular complexity index is 1430. The number of halogens is 2. The van der Waals surface area contributed by atoms with Gasteiger partial charge in [-0.3, -0.25) is 14.5 Å². The van der Waals surface area contributed by atoms with Gasteiger partial charge in [-0.05, 0) is 73.4 Å². The molecule has 4 rings (SSSR count). The number of amides is 2. The van der Waals surface area contributed by atoms with Crippen LogP contribution < -0.4 is 24.4 Å². The number of sulfonamides is 1. The second kappa shape index (κ2) is 15.8. The standard InChI is InChI=1S/C31H39FN4O5S.ClH/c1-4-5-18-36(30-21-28(40-2)14-15-29(30)32)31(37)33-24-16-19-35(20-17-24)22-23-6-10-26(11-7-23)41-27-12-8-25(9-13-27)34-42(3,38)39;/h6-15,21,24,34H,4-5,16-20,22H2,1-3H3,(H,33,37);1H. The van der Waals surface area contributed by atoms with Gasteiger partial charge in [-0.1, -0.05) is 25.5 Å². The Balaban J connectivity index is 0.00000506. The van der Waals surface area contributed by atoms with Crippen LogP contribution in [0.3, 0.4) is 0 Å². The molecule has 12 heteroatoms. The zero-order valence-electron chi connectivity index (χ0n) is 24.7. The molecule has 0 aliphatic carbocycles. The van der Waals surface area contributed by atoms with Crippen molar-refractivity contribution >= 4 is 39.8 Å². The summed E-state index contributed by atoms with van der Waals surface area (Å²) >= 11 is 0. The van der Waals surface area contributed by atoms with Gasteiger partial charge in [0.1, 0.15) is 23.1 Å². The summed E-state index contributed by atoms with van der Waals surface area (Å²) in [7, 11) is -1.81. The number of piperidine rings is 1. The first-order chi connectivity index (χ1) is 20.1. The van der Waals surface area contributed by atoms with Crippen molar-refractivity contribution in [1.82, 2.24) is 10.2 Å². The Kier molecular flexibility index (Phi) is 12.5. The molecule has 2 amide bonds. The minimum Gasteiger partial charge on any atom is -0.497 e. The molecule has 0 aromatic heterocycles. The summed E-state index contributed by atoms with van der Waals surface area (Å²) in [5.41, 5.74) is 1.85. The maximum atomic E-state index is 14.7. The zero-order valence-corrected chi connectivity index (χ0v) is 26.3. The van der Waals surface area contributed by atoms with E-state index in [1.54, 1.807) is 36.4 Å². The minimum atomic E-state index is -3.33. The van der Waals surface area contributed by atoms with Crippen LogP contribution in [0.4, 0.5) is 20.6 Å². The largest absolute Gasteiger partial charge is 0.497 e. The van der Waals surface area contributed by atoms with E-state index in [1.165, 1.54) is 18.1 Å². The molecule has 1 aliphatic rings. The molecule has 1 fully saturated rings. The average molecular weight is 635 g/mol. The number of methoxy groups -OCH3 is 1. The number of likely N-dealkylation sites (tertiary alicyclic amines) is 1. The molecule has 0 spiro atoms. The van der Waals surface area contributed by atoms with Gasteiger partial charge in [-0.15, -0.1) is 12.4 Å². The molecular weight excluding hydrogens is 595 g/mol. The van der Waals surface area contributed by atoms with Crippen molar-refractivity contribution in [2.75, 3.05) is 42.6 Å². The molecule has 43 heavy (non-hydrogen) atoms.